The Morgan fingerprint density at radius 2 is 2.08 bits per heavy atom. The minimum absolute atomic E-state index is 0.171. The first-order chi connectivity index (χ1) is 12.7. The van der Waals surface area contributed by atoms with Gasteiger partial charge in [0.1, 0.15) is 0 Å². The number of amides is 1. The van der Waals surface area contributed by atoms with Crippen LogP contribution in [0.3, 0.4) is 0 Å². The number of anilines is 1. The molecule has 0 fully saturated rings. The van der Waals surface area contributed by atoms with Crippen molar-refractivity contribution in [1.82, 2.24) is 10.2 Å². The van der Waals surface area contributed by atoms with Crippen LogP contribution in [-0.4, -0.2) is 22.9 Å². The van der Waals surface area contributed by atoms with Crippen LogP contribution in [0.5, 0.6) is 11.5 Å². The molecular formula is C17H12ClN3O3S2. The van der Waals surface area contributed by atoms with Gasteiger partial charge >= 0.3 is 0 Å². The summed E-state index contributed by atoms with van der Waals surface area (Å²) < 4.78 is 11.3. The first-order valence-electron chi connectivity index (χ1n) is 7.59. The van der Waals surface area contributed by atoms with Crippen molar-refractivity contribution < 1.29 is 14.3 Å². The van der Waals surface area contributed by atoms with E-state index in [0.717, 1.165) is 15.7 Å². The van der Waals surface area contributed by atoms with Crippen LogP contribution in [0.15, 0.2) is 46.8 Å². The van der Waals surface area contributed by atoms with Crippen molar-refractivity contribution in [1.29, 1.82) is 0 Å². The van der Waals surface area contributed by atoms with E-state index >= 15 is 0 Å². The quantitative estimate of drug-likeness (QED) is 0.499. The van der Waals surface area contributed by atoms with Gasteiger partial charge in [-0.2, -0.15) is 0 Å². The van der Waals surface area contributed by atoms with Crippen LogP contribution >= 0.6 is 34.7 Å². The molecule has 0 saturated carbocycles. The molecular weight excluding hydrogens is 394 g/mol. The highest BCUT2D eigenvalue weighted by atomic mass is 35.5. The highest BCUT2D eigenvalue weighted by Crippen LogP contribution is 2.33. The third-order valence-electron chi connectivity index (χ3n) is 3.51. The Morgan fingerprint density at radius 3 is 2.96 bits per heavy atom. The fourth-order valence-corrected chi connectivity index (χ4v) is 4.20. The summed E-state index contributed by atoms with van der Waals surface area (Å²) >= 11 is 8.85. The van der Waals surface area contributed by atoms with Gasteiger partial charge in [0.2, 0.25) is 11.9 Å². The molecule has 0 saturated heterocycles. The van der Waals surface area contributed by atoms with E-state index in [1.165, 1.54) is 11.3 Å². The summed E-state index contributed by atoms with van der Waals surface area (Å²) in [5.74, 6) is 1.65. The fraction of sp³-hybridized carbons (Fsp3) is 0.118. The van der Waals surface area contributed by atoms with E-state index < -0.39 is 0 Å². The lowest BCUT2D eigenvalue weighted by molar-refractivity contribution is 0.102. The number of nitrogens with one attached hydrogen (secondary N) is 1. The predicted molar refractivity (Wildman–Crippen MR) is 101 cm³/mol. The van der Waals surface area contributed by atoms with Crippen LogP contribution in [0.25, 0.3) is 0 Å². The molecule has 1 aliphatic rings. The number of carbonyl (C=O) groups is 1. The van der Waals surface area contributed by atoms with Crippen LogP contribution in [-0.2, 0) is 5.75 Å². The molecule has 4 rings (SSSR count). The van der Waals surface area contributed by atoms with Gasteiger partial charge in [-0.3, -0.25) is 10.1 Å². The molecule has 0 atom stereocenters. The van der Waals surface area contributed by atoms with Crippen LogP contribution in [0, 0.1) is 0 Å². The number of ether oxygens (including phenoxy) is 2. The molecule has 0 radical (unpaired) electrons. The summed E-state index contributed by atoms with van der Waals surface area (Å²) in [7, 11) is 0. The van der Waals surface area contributed by atoms with Crippen molar-refractivity contribution in [3.63, 3.8) is 0 Å². The van der Waals surface area contributed by atoms with E-state index in [2.05, 4.69) is 15.5 Å². The highest BCUT2D eigenvalue weighted by Gasteiger charge is 2.17. The second-order valence-corrected chi connectivity index (χ2v) is 7.95. The maximum Gasteiger partial charge on any atom is 0.257 e. The van der Waals surface area contributed by atoms with Gasteiger partial charge in [-0.05, 0) is 35.9 Å². The Morgan fingerprint density at radius 1 is 1.19 bits per heavy atom. The lowest BCUT2D eigenvalue weighted by atomic mass is 10.2. The Hall–Kier alpha value is -2.29. The SMILES string of the molecule is O=C(Nc1nnc(SCc2cccc(Cl)c2)s1)c1ccc2c(c1)OCO2. The van der Waals surface area contributed by atoms with Gasteiger partial charge in [0.15, 0.2) is 15.8 Å². The van der Waals surface area contributed by atoms with Crippen molar-refractivity contribution in [2.75, 3.05) is 12.1 Å². The van der Waals surface area contributed by atoms with Gasteiger partial charge in [0.25, 0.3) is 5.91 Å². The molecule has 0 aliphatic carbocycles. The van der Waals surface area contributed by atoms with Gasteiger partial charge in [-0.15, -0.1) is 10.2 Å². The summed E-state index contributed by atoms with van der Waals surface area (Å²) in [6, 6.07) is 12.7. The maximum absolute atomic E-state index is 12.3. The summed E-state index contributed by atoms with van der Waals surface area (Å²) in [5.41, 5.74) is 1.57. The molecule has 2 aromatic carbocycles. The molecule has 26 heavy (non-hydrogen) atoms. The monoisotopic (exact) mass is 405 g/mol. The molecule has 1 aromatic heterocycles. The van der Waals surface area contributed by atoms with Crippen molar-refractivity contribution in [3.05, 3.63) is 58.6 Å². The smallest absolute Gasteiger partial charge is 0.257 e. The number of thioether (sulfide) groups is 1. The molecule has 6 nitrogen and oxygen atoms in total. The first kappa shape index (κ1) is 17.1. The molecule has 2 heterocycles. The summed E-state index contributed by atoms with van der Waals surface area (Å²) in [6.07, 6.45) is 0. The largest absolute Gasteiger partial charge is 0.454 e. The first-order valence-corrected chi connectivity index (χ1v) is 9.77. The molecule has 0 unspecified atom stereocenters. The second-order valence-electron chi connectivity index (χ2n) is 5.31. The molecule has 1 amide bonds. The van der Waals surface area contributed by atoms with Crippen LogP contribution < -0.4 is 14.8 Å². The second kappa shape index (κ2) is 7.53. The average Bonchev–Trinajstić information content (AvgIpc) is 3.28. The Labute approximate surface area is 162 Å². The summed E-state index contributed by atoms with van der Waals surface area (Å²) in [4.78, 5) is 12.3. The van der Waals surface area contributed by atoms with Crippen molar-refractivity contribution in [2.45, 2.75) is 10.1 Å². The van der Waals surface area contributed by atoms with Gasteiger partial charge in [0.05, 0.1) is 0 Å². The molecule has 3 aromatic rings. The number of hydrogen-bond acceptors (Lipinski definition) is 7. The highest BCUT2D eigenvalue weighted by molar-refractivity contribution is 8.00. The molecule has 0 spiro atoms. The zero-order chi connectivity index (χ0) is 17.9. The zero-order valence-corrected chi connectivity index (χ0v) is 15.7. The number of carbonyl (C=O) groups excluding carboxylic acids is 1. The average molecular weight is 406 g/mol. The Kier molecular flexibility index (Phi) is 4.96. The number of nitrogens with zero attached hydrogens (tertiary/aromatic N) is 2. The molecule has 1 aliphatic heterocycles. The van der Waals surface area contributed by atoms with Gasteiger partial charge in [-0.25, -0.2) is 0 Å². The number of rotatable bonds is 5. The van der Waals surface area contributed by atoms with E-state index in [0.29, 0.717) is 27.2 Å². The third-order valence-corrected chi connectivity index (χ3v) is 5.79. The standard InChI is InChI=1S/C17H12ClN3O3S2/c18-12-3-1-2-10(6-12)8-25-17-21-20-16(26-17)19-15(22)11-4-5-13-14(7-11)24-9-23-13/h1-7H,8-9H2,(H,19,20,22). The van der Waals surface area contributed by atoms with Crippen LogP contribution in [0.4, 0.5) is 5.13 Å². The number of benzene rings is 2. The Bertz CT molecular complexity index is 964. The van der Waals surface area contributed by atoms with Crippen LogP contribution in [0.1, 0.15) is 15.9 Å². The maximum atomic E-state index is 12.3. The number of aromatic nitrogens is 2. The van der Waals surface area contributed by atoms with Gasteiger partial charge in [-0.1, -0.05) is 46.8 Å². The van der Waals surface area contributed by atoms with E-state index in [-0.39, 0.29) is 12.7 Å². The van der Waals surface area contributed by atoms with Gasteiger partial charge in [0, 0.05) is 16.3 Å². The summed E-state index contributed by atoms with van der Waals surface area (Å²) in [5, 5.41) is 12.0. The minimum atomic E-state index is -0.272. The molecule has 0 bridgehead atoms. The third kappa shape index (κ3) is 3.92. The number of fused-ring (bicyclic) bond motifs is 1. The lowest BCUT2D eigenvalue weighted by Crippen LogP contribution is -2.11. The molecule has 1 N–H and O–H groups in total. The summed E-state index contributed by atoms with van der Waals surface area (Å²) in [6.45, 7) is 0.171. The predicted octanol–water partition coefficient (Wildman–Crippen LogP) is 4.46. The fourth-order valence-electron chi connectivity index (χ4n) is 2.30. The van der Waals surface area contributed by atoms with E-state index in [9.17, 15) is 4.79 Å². The molecule has 9 heteroatoms. The Balaban J connectivity index is 1.38. The topological polar surface area (TPSA) is 73.3 Å². The molecule has 132 valence electrons. The normalized spacial score (nSPS) is 12.2. The van der Waals surface area contributed by atoms with E-state index in [4.69, 9.17) is 21.1 Å². The van der Waals surface area contributed by atoms with Crippen molar-refractivity contribution in [2.24, 2.45) is 0 Å². The van der Waals surface area contributed by atoms with Crippen LogP contribution in [0.2, 0.25) is 5.02 Å². The lowest BCUT2D eigenvalue weighted by Gasteiger charge is -2.02. The van der Waals surface area contributed by atoms with Gasteiger partial charge < -0.3 is 9.47 Å². The van der Waals surface area contributed by atoms with E-state index in [1.54, 1.807) is 30.0 Å². The number of hydrogen-bond donors (Lipinski definition) is 1. The van der Waals surface area contributed by atoms with E-state index in [1.807, 2.05) is 24.3 Å². The van der Waals surface area contributed by atoms with Crippen molar-refractivity contribution >= 4 is 45.7 Å². The number of halogens is 1. The van der Waals surface area contributed by atoms with Crippen molar-refractivity contribution in [3.8, 4) is 11.5 Å². The zero-order valence-electron chi connectivity index (χ0n) is 13.3. The minimum Gasteiger partial charge on any atom is -0.454 e.